The van der Waals surface area contributed by atoms with Crippen LogP contribution in [0.5, 0.6) is 11.5 Å². The summed E-state index contributed by atoms with van der Waals surface area (Å²) in [4.78, 5) is 29.4. The summed E-state index contributed by atoms with van der Waals surface area (Å²) in [6, 6.07) is 22.0. The average Bonchev–Trinajstić information content (AvgIpc) is 3.05. The lowest BCUT2D eigenvalue weighted by Gasteiger charge is -2.48. The summed E-state index contributed by atoms with van der Waals surface area (Å²) >= 11 is 28.2. The van der Waals surface area contributed by atoms with E-state index in [1.54, 1.807) is 18.7 Å². The Kier molecular flexibility index (Phi) is 12.7. The molecule has 2 bridgehead atoms. The van der Waals surface area contributed by atoms with E-state index in [1.165, 1.54) is 0 Å². The van der Waals surface area contributed by atoms with Crippen molar-refractivity contribution < 1.29 is 23.8 Å². The number of piperazine rings is 1. The van der Waals surface area contributed by atoms with Gasteiger partial charge in [0, 0.05) is 34.7 Å². The number of hydrogen-bond acceptors (Lipinski definition) is 6. The standard InChI is InChI=1S/C36H38BrCl4N3O5/c1-35(2,36(39,40)41)49-34(46)44-26-20-29(23-9-13-27(14-10-23)47-18-19-48-28-15-11-25(37)12-16-28)32(31(44)22-42-21-26)33(45)43-17-5-7-24-6-3-4-8-30(24)38/h3-4,6,8-16,26,31,42H,5,7,17-22H2,1-2H3,(H,43,45). The van der Waals surface area contributed by atoms with Crippen LogP contribution in [0.15, 0.2) is 82.8 Å². The number of ether oxygens (including phenoxy) is 3. The zero-order valence-corrected chi connectivity index (χ0v) is 31.7. The van der Waals surface area contributed by atoms with E-state index in [4.69, 9.17) is 60.6 Å². The summed E-state index contributed by atoms with van der Waals surface area (Å²) in [6.45, 7) is 5.11. The fourth-order valence-corrected chi connectivity index (χ4v) is 6.45. The van der Waals surface area contributed by atoms with Crippen LogP contribution in [-0.4, -0.2) is 71.2 Å². The third kappa shape index (κ3) is 9.57. The SMILES string of the molecule is CC(C)(OC(=O)N1C2CNCC1C(C(=O)NCCCc1ccccc1Cl)=C(c1ccc(OCCOc3ccc(Br)cc3)cc1)C2)C(Cl)(Cl)Cl. The van der Waals surface area contributed by atoms with Crippen LogP contribution >= 0.6 is 62.3 Å². The van der Waals surface area contributed by atoms with Crippen molar-refractivity contribution in [2.24, 2.45) is 0 Å². The molecule has 8 nitrogen and oxygen atoms in total. The first kappa shape index (κ1) is 37.6. The van der Waals surface area contributed by atoms with Crippen molar-refractivity contribution in [1.82, 2.24) is 15.5 Å². The summed E-state index contributed by atoms with van der Waals surface area (Å²) < 4.78 is 16.6. The number of carbonyl (C=O) groups is 2. The Labute approximate surface area is 315 Å². The highest BCUT2D eigenvalue weighted by Crippen LogP contribution is 2.42. The molecule has 2 heterocycles. The molecule has 5 rings (SSSR count). The number of nitrogens with one attached hydrogen (secondary N) is 2. The zero-order valence-electron chi connectivity index (χ0n) is 27.1. The van der Waals surface area contributed by atoms with E-state index >= 15 is 0 Å². The molecule has 0 radical (unpaired) electrons. The van der Waals surface area contributed by atoms with Crippen molar-refractivity contribution in [3.63, 3.8) is 0 Å². The largest absolute Gasteiger partial charge is 0.490 e. The highest BCUT2D eigenvalue weighted by molar-refractivity contribution is 9.10. The Morgan fingerprint density at radius 1 is 0.939 bits per heavy atom. The number of hydrogen-bond donors (Lipinski definition) is 2. The molecule has 3 aromatic carbocycles. The molecule has 262 valence electrons. The van der Waals surface area contributed by atoms with Gasteiger partial charge in [-0.25, -0.2) is 4.79 Å². The molecule has 2 aliphatic heterocycles. The quantitative estimate of drug-likeness (QED) is 0.141. The maximum absolute atomic E-state index is 14.0. The van der Waals surface area contributed by atoms with Crippen LogP contribution in [0.4, 0.5) is 4.79 Å². The first-order valence-electron chi connectivity index (χ1n) is 16.0. The van der Waals surface area contributed by atoms with E-state index in [9.17, 15) is 9.59 Å². The van der Waals surface area contributed by atoms with Gasteiger partial charge >= 0.3 is 6.09 Å². The number of halogens is 5. The minimum Gasteiger partial charge on any atom is -0.490 e. The molecule has 2 unspecified atom stereocenters. The van der Waals surface area contributed by atoms with E-state index in [0.29, 0.717) is 68.5 Å². The van der Waals surface area contributed by atoms with E-state index in [2.05, 4.69) is 26.6 Å². The first-order chi connectivity index (χ1) is 23.3. The van der Waals surface area contributed by atoms with Gasteiger partial charge in [-0.2, -0.15) is 0 Å². The van der Waals surface area contributed by atoms with Crippen LogP contribution in [-0.2, 0) is 16.0 Å². The number of nitrogens with zero attached hydrogens (tertiary/aromatic N) is 1. The van der Waals surface area contributed by atoms with Crippen LogP contribution in [0.3, 0.4) is 0 Å². The van der Waals surface area contributed by atoms with Gasteiger partial charge in [0.15, 0.2) is 5.60 Å². The van der Waals surface area contributed by atoms with Gasteiger partial charge in [0.05, 0.1) is 12.1 Å². The lowest BCUT2D eigenvalue weighted by atomic mass is 9.82. The summed E-state index contributed by atoms with van der Waals surface area (Å²) in [5.41, 5.74) is 1.81. The van der Waals surface area contributed by atoms with Crippen LogP contribution < -0.4 is 20.1 Å². The molecule has 0 saturated carbocycles. The van der Waals surface area contributed by atoms with Crippen molar-refractivity contribution in [1.29, 1.82) is 0 Å². The van der Waals surface area contributed by atoms with Crippen molar-refractivity contribution in [3.8, 4) is 11.5 Å². The van der Waals surface area contributed by atoms with Crippen molar-refractivity contribution in [2.45, 2.75) is 54.6 Å². The molecular formula is C36H38BrCl4N3O5. The molecule has 2 aliphatic rings. The maximum atomic E-state index is 14.0. The first-order valence-corrected chi connectivity index (χ1v) is 18.3. The van der Waals surface area contributed by atoms with Crippen molar-refractivity contribution in [2.75, 3.05) is 32.8 Å². The smallest absolute Gasteiger partial charge is 0.411 e. The number of alkyl halides is 3. The summed E-state index contributed by atoms with van der Waals surface area (Å²) in [5, 5.41) is 7.16. The van der Waals surface area contributed by atoms with Gasteiger partial charge in [0.2, 0.25) is 9.70 Å². The number of rotatable bonds is 12. The fraction of sp³-hybridized carbons (Fsp3) is 0.389. The van der Waals surface area contributed by atoms with Gasteiger partial charge in [0.25, 0.3) is 0 Å². The second kappa shape index (κ2) is 16.6. The molecule has 1 fully saturated rings. The van der Waals surface area contributed by atoms with E-state index in [-0.39, 0.29) is 11.9 Å². The molecule has 49 heavy (non-hydrogen) atoms. The van der Waals surface area contributed by atoms with Gasteiger partial charge in [-0.15, -0.1) is 0 Å². The van der Waals surface area contributed by atoms with E-state index in [1.807, 2.05) is 72.8 Å². The Balaban J connectivity index is 1.34. The summed E-state index contributed by atoms with van der Waals surface area (Å²) in [6.07, 6.45) is 1.16. The second-order valence-corrected chi connectivity index (χ2v) is 15.9. The molecular weight excluding hydrogens is 776 g/mol. The lowest BCUT2D eigenvalue weighted by Crippen LogP contribution is -2.64. The monoisotopic (exact) mass is 811 g/mol. The zero-order chi connectivity index (χ0) is 35.2. The lowest BCUT2D eigenvalue weighted by molar-refractivity contribution is -0.118. The minimum absolute atomic E-state index is 0.259. The number of amides is 2. The van der Waals surface area contributed by atoms with Gasteiger partial charge < -0.3 is 24.8 Å². The fourth-order valence-electron chi connectivity index (χ4n) is 5.84. The Morgan fingerprint density at radius 3 is 2.20 bits per heavy atom. The van der Waals surface area contributed by atoms with Gasteiger partial charge in [-0.1, -0.05) is 92.7 Å². The van der Waals surface area contributed by atoms with Gasteiger partial charge in [-0.05, 0) is 92.3 Å². The Hall–Kier alpha value is -2.66. The molecule has 2 atom stereocenters. The Bertz CT molecular complexity index is 1650. The van der Waals surface area contributed by atoms with Crippen LogP contribution in [0.25, 0.3) is 5.57 Å². The summed E-state index contributed by atoms with van der Waals surface area (Å²) in [5.74, 6) is 1.17. The molecule has 0 aromatic heterocycles. The molecule has 0 spiro atoms. The topological polar surface area (TPSA) is 89.1 Å². The van der Waals surface area contributed by atoms with Crippen LogP contribution in [0.2, 0.25) is 5.02 Å². The number of fused-ring (bicyclic) bond motifs is 2. The van der Waals surface area contributed by atoms with Crippen LogP contribution in [0.1, 0.15) is 37.8 Å². The normalized spacial score (nSPS) is 17.8. The van der Waals surface area contributed by atoms with Crippen LogP contribution in [0, 0.1) is 0 Å². The number of carbonyl (C=O) groups excluding carboxylic acids is 2. The average molecular weight is 814 g/mol. The second-order valence-electron chi connectivity index (χ2n) is 12.3. The molecule has 0 aliphatic carbocycles. The number of aryl methyl sites for hydroxylation is 1. The molecule has 13 heteroatoms. The predicted molar refractivity (Wildman–Crippen MR) is 199 cm³/mol. The molecule has 3 aromatic rings. The Morgan fingerprint density at radius 2 is 1.57 bits per heavy atom. The molecule has 2 N–H and O–H groups in total. The third-order valence-electron chi connectivity index (χ3n) is 8.53. The third-order valence-corrected chi connectivity index (χ3v) is 10.8. The highest BCUT2D eigenvalue weighted by atomic mass is 79.9. The maximum Gasteiger partial charge on any atom is 0.411 e. The predicted octanol–water partition coefficient (Wildman–Crippen LogP) is 8.39. The summed E-state index contributed by atoms with van der Waals surface area (Å²) in [7, 11) is 0. The minimum atomic E-state index is -1.86. The number of benzene rings is 3. The van der Waals surface area contributed by atoms with E-state index < -0.39 is 21.5 Å². The molecule has 1 saturated heterocycles. The van der Waals surface area contributed by atoms with Crippen molar-refractivity contribution in [3.05, 3.63) is 99.0 Å². The van der Waals surface area contributed by atoms with Gasteiger partial charge in [0.1, 0.15) is 24.7 Å². The van der Waals surface area contributed by atoms with Gasteiger partial charge in [-0.3, -0.25) is 9.69 Å². The molecule has 2 amide bonds. The van der Waals surface area contributed by atoms with Crippen molar-refractivity contribution >= 4 is 79.9 Å². The highest BCUT2D eigenvalue weighted by Gasteiger charge is 2.49. The van der Waals surface area contributed by atoms with E-state index in [0.717, 1.165) is 26.9 Å².